The van der Waals surface area contributed by atoms with E-state index in [1.165, 1.54) is 23.1 Å². The zero-order valence-corrected chi connectivity index (χ0v) is 12.4. The van der Waals surface area contributed by atoms with Crippen molar-refractivity contribution in [2.75, 3.05) is 0 Å². The summed E-state index contributed by atoms with van der Waals surface area (Å²) in [7, 11) is 0. The summed E-state index contributed by atoms with van der Waals surface area (Å²) in [5.74, 6) is -0.168. The maximum atomic E-state index is 12.9. The van der Waals surface area contributed by atoms with Gasteiger partial charge in [-0.2, -0.15) is 22.0 Å². The minimum Gasteiger partial charge on any atom is -0.426 e. The van der Waals surface area contributed by atoms with E-state index in [0.717, 1.165) is 17.7 Å². The predicted octanol–water partition coefficient (Wildman–Crippen LogP) is 4.47. The third kappa shape index (κ3) is 3.59. The highest BCUT2D eigenvalue weighted by atomic mass is 19.4. The van der Waals surface area contributed by atoms with Crippen molar-refractivity contribution in [3.63, 3.8) is 0 Å². The van der Waals surface area contributed by atoms with E-state index in [-0.39, 0.29) is 0 Å². The van der Waals surface area contributed by atoms with Gasteiger partial charge in [0.15, 0.2) is 5.82 Å². The summed E-state index contributed by atoms with van der Waals surface area (Å²) < 4.78 is 67.2. The minimum absolute atomic E-state index is 0.428. The van der Waals surface area contributed by atoms with Gasteiger partial charge in [-0.3, -0.25) is 0 Å². The van der Waals surface area contributed by atoms with Crippen LogP contribution in [0.4, 0.5) is 22.0 Å². The van der Waals surface area contributed by atoms with Gasteiger partial charge in [0, 0.05) is 5.56 Å². The number of ether oxygens (including phenoxy) is 1. The first-order chi connectivity index (χ1) is 11.8. The van der Waals surface area contributed by atoms with Crippen LogP contribution >= 0.6 is 0 Å². The quantitative estimate of drug-likeness (QED) is 0.649. The van der Waals surface area contributed by atoms with Crippen LogP contribution in [0.25, 0.3) is 17.1 Å². The van der Waals surface area contributed by atoms with Crippen LogP contribution in [0, 0.1) is 0 Å². The number of hydrogen-bond acceptors (Lipinski definition) is 3. The van der Waals surface area contributed by atoms with Crippen molar-refractivity contribution in [3.8, 4) is 22.8 Å². The summed E-state index contributed by atoms with van der Waals surface area (Å²) in [6.45, 7) is 0. The van der Waals surface area contributed by atoms with Crippen LogP contribution in [0.15, 0.2) is 60.9 Å². The smallest absolute Gasteiger partial charge is 0.426 e. The van der Waals surface area contributed by atoms with Crippen molar-refractivity contribution < 1.29 is 26.7 Å². The van der Waals surface area contributed by atoms with Crippen molar-refractivity contribution in [2.45, 2.75) is 12.3 Å². The minimum atomic E-state index is -5.79. The molecule has 0 atom stereocenters. The summed E-state index contributed by atoms with van der Waals surface area (Å²) in [5, 5.41) is 4.23. The first kappa shape index (κ1) is 16.9. The van der Waals surface area contributed by atoms with Gasteiger partial charge in [-0.05, 0) is 24.3 Å². The van der Waals surface area contributed by atoms with Gasteiger partial charge in [-0.25, -0.2) is 9.67 Å². The Balaban J connectivity index is 1.78. The molecule has 0 aliphatic rings. The lowest BCUT2D eigenvalue weighted by atomic mass is 10.2. The molecule has 0 amide bonds. The Morgan fingerprint density at radius 2 is 1.48 bits per heavy atom. The molecule has 9 heteroatoms. The van der Waals surface area contributed by atoms with Gasteiger partial charge in [0.25, 0.3) is 0 Å². The molecule has 0 saturated heterocycles. The van der Waals surface area contributed by atoms with E-state index in [2.05, 4.69) is 14.8 Å². The summed E-state index contributed by atoms with van der Waals surface area (Å²) >= 11 is 0. The molecule has 1 heterocycles. The summed E-state index contributed by atoms with van der Waals surface area (Å²) in [6, 6.07) is 13.7. The standard InChI is InChI=1S/C16H10F5N3O/c17-15(18,19)16(20,21)25-13-8-6-12(7-9-13)24-10-22-14(23-24)11-4-2-1-3-5-11/h1-10H. The molecule has 0 aliphatic carbocycles. The first-order valence-electron chi connectivity index (χ1n) is 6.97. The Morgan fingerprint density at radius 3 is 2.08 bits per heavy atom. The molecule has 0 saturated carbocycles. The van der Waals surface area contributed by atoms with Gasteiger partial charge in [0.05, 0.1) is 5.69 Å². The Hall–Kier alpha value is -2.97. The van der Waals surface area contributed by atoms with Crippen molar-refractivity contribution in [1.29, 1.82) is 0 Å². The average molecular weight is 355 g/mol. The zero-order chi connectivity index (χ0) is 18.1. The second kappa shape index (κ2) is 6.15. The Labute approximate surface area is 138 Å². The molecule has 0 radical (unpaired) electrons. The number of rotatable bonds is 4. The lowest BCUT2D eigenvalue weighted by Crippen LogP contribution is -2.41. The van der Waals surface area contributed by atoms with Crippen molar-refractivity contribution in [1.82, 2.24) is 14.8 Å². The molecule has 0 spiro atoms. The zero-order valence-electron chi connectivity index (χ0n) is 12.4. The van der Waals surface area contributed by atoms with E-state index in [0.29, 0.717) is 11.5 Å². The monoisotopic (exact) mass is 355 g/mol. The third-order valence-electron chi connectivity index (χ3n) is 3.20. The topological polar surface area (TPSA) is 39.9 Å². The third-order valence-corrected chi connectivity index (χ3v) is 3.20. The predicted molar refractivity (Wildman–Crippen MR) is 78.4 cm³/mol. The summed E-state index contributed by atoms with van der Waals surface area (Å²) in [6.07, 6.45) is -9.65. The van der Waals surface area contributed by atoms with Crippen LogP contribution in [0.5, 0.6) is 5.75 Å². The molecule has 0 N–H and O–H groups in total. The van der Waals surface area contributed by atoms with E-state index in [9.17, 15) is 22.0 Å². The molecule has 0 unspecified atom stereocenters. The van der Waals surface area contributed by atoms with Crippen molar-refractivity contribution in [3.05, 3.63) is 60.9 Å². The van der Waals surface area contributed by atoms with Gasteiger partial charge in [-0.15, -0.1) is 5.10 Å². The fraction of sp³-hybridized carbons (Fsp3) is 0.125. The lowest BCUT2D eigenvalue weighted by Gasteiger charge is -2.20. The SMILES string of the molecule is FC(F)(F)C(F)(F)Oc1ccc(-n2cnc(-c3ccccc3)n2)cc1. The van der Waals surface area contributed by atoms with Gasteiger partial charge in [-0.1, -0.05) is 30.3 Å². The van der Waals surface area contributed by atoms with Gasteiger partial charge in [0.2, 0.25) is 0 Å². The van der Waals surface area contributed by atoms with Crippen LogP contribution < -0.4 is 4.74 Å². The molecule has 0 aliphatic heterocycles. The van der Waals surface area contributed by atoms with E-state index in [4.69, 9.17) is 0 Å². The number of halogens is 5. The molecular weight excluding hydrogens is 345 g/mol. The van der Waals surface area contributed by atoms with E-state index < -0.39 is 18.0 Å². The van der Waals surface area contributed by atoms with E-state index in [1.54, 1.807) is 0 Å². The molecule has 3 rings (SSSR count). The van der Waals surface area contributed by atoms with Crippen LogP contribution in [0.1, 0.15) is 0 Å². The number of aromatic nitrogens is 3. The number of nitrogens with zero attached hydrogens (tertiary/aromatic N) is 3. The lowest BCUT2D eigenvalue weighted by molar-refractivity contribution is -0.360. The van der Waals surface area contributed by atoms with Gasteiger partial charge < -0.3 is 4.74 Å². The summed E-state index contributed by atoms with van der Waals surface area (Å²) in [5.41, 5.74) is 1.21. The van der Waals surface area contributed by atoms with Crippen LogP contribution in [-0.4, -0.2) is 27.0 Å². The maximum absolute atomic E-state index is 12.9. The Kier molecular flexibility index (Phi) is 4.15. The molecule has 130 valence electrons. The highest BCUT2D eigenvalue weighted by Crippen LogP contribution is 2.37. The largest absolute Gasteiger partial charge is 0.499 e. The molecule has 1 aromatic heterocycles. The first-order valence-corrected chi connectivity index (χ1v) is 6.97. The van der Waals surface area contributed by atoms with Gasteiger partial charge in [0.1, 0.15) is 12.1 Å². The van der Waals surface area contributed by atoms with E-state index in [1.807, 2.05) is 30.3 Å². The normalized spacial score (nSPS) is 12.2. The maximum Gasteiger partial charge on any atom is 0.499 e. The number of benzene rings is 2. The highest BCUT2D eigenvalue weighted by molar-refractivity contribution is 5.54. The summed E-state index contributed by atoms with van der Waals surface area (Å²) in [4.78, 5) is 4.13. The molecule has 0 fully saturated rings. The van der Waals surface area contributed by atoms with Crippen LogP contribution in [-0.2, 0) is 0 Å². The van der Waals surface area contributed by atoms with Crippen molar-refractivity contribution in [2.24, 2.45) is 0 Å². The Morgan fingerprint density at radius 1 is 0.840 bits per heavy atom. The Bertz CT molecular complexity index is 844. The second-order valence-electron chi connectivity index (χ2n) is 4.99. The number of alkyl halides is 5. The molecular formula is C16H10F5N3O. The number of hydrogen-bond donors (Lipinski definition) is 0. The highest BCUT2D eigenvalue weighted by Gasteiger charge is 2.61. The molecule has 25 heavy (non-hydrogen) atoms. The second-order valence-corrected chi connectivity index (χ2v) is 4.99. The van der Waals surface area contributed by atoms with Crippen LogP contribution in [0.2, 0.25) is 0 Å². The fourth-order valence-corrected chi connectivity index (χ4v) is 1.98. The molecule has 0 bridgehead atoms. The molecule has 4 nitrogen and oxygen atoms in total. The van der Waals surface area contributed by atoms with E-state index >= 15 is 0 Å². The molecule has 2 aromatic carbocycles. The molecule has 3 aromatic rings. The van der Waals surface area contributed by atoms with Crippen LogP contribution in [0.3, 0.4) is 0 Å². The van der Waals surface area contributed by atoms with Crippen molar-refractivity contribution >= 4 is 0 Å². The average Bonchev–Trinajstić information content (AvgIpc) is 3.05. The fourth-order valence-electron chi connectivity index (χ4n) is 1.98. The van der Waals surface area contributed by atoms with Gasteiger partial charge >= 0.3 is 12.3 Å².